The highest BCUT2D eigenvalue weighted by molar-refractivity contribution is 5.91. The molecule has 166 valence electrons. The quantitative estimate of drug-likeness (QED) is 0.568. The number of ether oxygens (including phenoxy) is 2. The number of hydrogen-bond acceptors (Lipinski definition) is 7. The number of oxazole rings is 1. The molecule has 2 aromatic rings. The van der Waals surface area contributed by atoms with Gasteiger partial charge < -0.3 is 24.1 Å². The lowest BCUT2D eigenvalue weighted by atomic mass is 10.1. The standard InChI is InChI=1S/C22H34N4O4/c1-7-16(2)26(13-17-12-18(28-5)8-9-20(17)29-6)14-21-24-19(15-30-21)22(27)23-10-11-25(3)4/h8-9,12,15-16H,7,10-11,13-14H2,1-6H3,(H,23,27). The SMILES string of the molecule is CCC(C)N(Cc1nc(C(=O)NCCN(C)C)co1)Cc1cc(OC)ccc1OC. The fraction of sp³-hybridized carbons (Fsp3) is 0.545. The molecule has 1 unspecified atom stereocenters. The van der Waals surface area contributed by atoms with E-state index in [9.17, 15) is 4.79 Å². The minimum atomic E-state index is -0.226. The molecular weight excluding hydrogens is 384 g/mol. The van der Waals surface area contributed by atoms with Crippen molar-refractivity contribution in [2.75, 3.05) is 41.4 Å². The second-order valence-corrected chi connectivity index (χ2v) is 7.53. The predicted molar refractivity (Wildman–Crippen MR) is 116 cm³/mol. The van der Waals surface area contributed by atoms with Crippen molar-refractivity contribution in [3.05, 3.63) is 41.6 Å². The molecule has 1 N–H and O–H groups in total. The van der Waals surface area contributed by atoms with Gasteiger partial charge in [0.1, 0.15) is 17.8 Å². The zero-order valence-corrected chi connectivity index (χ0v) is 18.9. The summed E-state index contributed by atoms with van der Waals surface area (Å²) in [6, 6.07) is 6.05. The summed E-state index contributed by atoms with van der Waals surface area (Å²) in [5.41, 5.74) is 1.32. The Hall–Kier alpha value is -2.58. The first-order chi connectivity index (χ1) is 14.4. The number of benzene rings is 1. The van der Waals surface area contributed by atoms with Gasteiger partial charge in [-0.2, -0.15) is 0 Å². The van der Waals surface area contributed by atoms with Crippen LogP contribution in [-0.2, 0) is 13.1 Å². The molecule has 1 aromatic heterocycles. The lowest BCUT2D eigenvalue weighted by Crippen LogP contribution is -2.32. The number of nitrogens with zero attached hydrogens (tertiary/aromatic N) is 3. The Kier molecular flexibility index (Phi) is 9.14. The summed E-state index contributed by atoms with van der Waals surface area (Å²) in [6.07, 6.45) is 2.38. The lowest BCUT2D eigenvalue weighted by Gasteiger charge is -2.28. The summed E-state index contributed by atoms with van der Waals surface area (Å²) >= 11 is 0. The van der Waals surface area contributed by atoms with E-state index in [1.165, 1.54) is 6.26 Å². The lowest BCUT2D eigenvalue weighted by molar-refractivity contribution is 0.0946. The molecule has 1 atom stereocenters. The van der Waals surface area contributed by atoms with Gasteiger partial charge in [-0.3, -0.25) is 9.69 Å². The summed E-state index contributed by atoms with van der Waals surface area (Å²) in [5, 5.41) is 2.85. The second kappa shape index (κ2) is 11.6. The molecule has 0 aliphatic carbocycles. The summed E-state index contributed by atoms with van der Waals surface area (Å²) in [7, 11) is 7.23. The van der Waals surface area contributed by atoms with E-state index in [0.29, 0.717) is 31.2 Å². The Morgan fingerprint density at radius 3 is 2.63 bits per heavy atom. The molecular formula is C22H34N4O4. The van der Waals surface area contributed by atoms with Crippen molar-refractivity contribution >= 4 is 5.91 Å². The van der Waals surface area contributed by atoms with E-state index in [1.807, 2.05) is 37.2 Å². The van der Waals surface area contributed by atoms with Crippen molar-refractivity contribution in [2.24, 2.45) is 0 Å². The summed E-state index contributed by atoms with van der Waals surface area (Å²) in [6.45, 7) is 6.75. The number of carbonyl (C=O) groups is 1. The van der Waals surface area contributed by atoms with Crippen LogP contribution >= 0.6 is 0 Å². The van der Waals surface area contributed by atoms with E-state index < -0.39 is 0 Å². The smallest absolute Gasteiger partial charge is 0.273 e. The molecule has 8 heteroatoms. The van der Waals surface area contributed by atoms with Crippen molar-refractivity contribution in [3.8, 4) is 11.5 Å². The first-order valence-electron chi connectivity index (χ1n) is 10.2. The van der Waals surface area contributed by atoms with Crippen LogP contribution in [0, 0.1) is 0 Å². The molecule has 30 heavy (non-hydrogen) atoms. The molecule has 0 fully saturated rings. The summed E-state index contributed by atoms with van der Waals surface area (Å²) in [5.74, 6) is 1.87. The van der Waals surface area contributed by atoms with Crippen LogP contribution in [0.4, 0.5) is 0 Å². The molecule has 0 aliphatic rings. The first-order valence-corrected chi connectivity index (χ1v) is 10.2. The monoisotopic (exact) mass is 418 g/mol. The highest BCUT2D eigenvalue weighted by atomic mass is 16.5. The molecule has 1 aromatic carbocycles. The predicted octanol–water partition coefficient (Wildman–Crippen LogP) is 2.78. The van der Waals surface area contributed by atoms with Gasteiger partial charge in [0.15, 0.2) is 5.69 Å². The Labute approximate surface area is 179 Å². The third kappa shape index (κ3) is 6.74. The third-order valence-electron chi connectivity index (χ3n) is 5.04. The van der Waals surface area contributed by atoms with Gasteiger partial charge in [-0.05, 0) is 45.6 Å². The zero-order valence-electron chi connectivity index (χ0n) is 18.9. The van der Waals surface area contributed by atoms with Crippen LogP contribution in [0.25, 0.3) is 0 Å². The van der Waals surface area contributed by atoms with Crippen LogP contribution < -0.4 is 14.8 Å². The average molecular weight is 419 g/mol. The minimum Gasteiger partial charge on any atom is -0.497 e. The fourth-order valence-electron chi connectivity index (χ4n) is 3.00. The molecule has 1 amide bonds. The van der Waals surface area contributed by atoms with Gasteiger partial charge >= 0.3 is 0 Å². The molecule has 2 rings (SSSR count). The van der Waals surface area contributed by atoms with Crippen LogP contribution in [0.3, 0.4) is 0 Å². The molecule has 0 aliphatic heterocycles. The van der Waals surface area contributed by atoms with Gasteiger partial charge in [-0.25, -0.2) is 4.98 Å². The molecule has 0 radical (unpaired) electrons. The number of rotatable bonds is 12. The fourth-order valence-corrected chi connectivity index (χ4v) is 3.00. The maximum absolute atomic E-state index is 12.3. The Morgan fingerprint density at radius 2 is 2.00 bits per heavy atom. The van der Waals surface area contributed by atoms with Gasteiger partial charge in [-0.15, -0.1) is 0 Å². The molecule has 1 heterocycles. The topological polar surface area (TPSA) is 80.1 Å². The number of likely N-dealkylation sites (N-methyl/N-ethyl adjacent to an activating group) is 1. The van der Waals surface area contributed by atoms with Gasteiger partial charge in [0.05, 0.1) is 20.8 Å². The second-order valence-electron chi connectivity index (χ2n) is 7.53. The number of aromatic nitrogens is 1. The normalized spacial score (nSPS) is 12.3. The average Bonchev–Trinajstić information content (AvgIpc) is 3.21. The number of carbonyl (C=O) groups excluding carboxylic acids is 1. The minimum absolute atomic E-state index is 0.226. The third-order valence-corrected chi connectivity index (χ3v) is 5.04. The van der Waals surface area contributed by atoms with Crippen LogP contribution in [0.5, 0.6) is 11.5 Å². The van der Waals surface area contributed by atoms with Crippen molar-refractivity contribution in [1.29, 1.82) is 0 Å². The molecule has 8 nitrogen and oxygen atoms in total. The highest BCUT2D eigenvalue weighted by Crippen LogP contribution is 2.27. The molecule has 0 saturated heterocycles. The first kappa shape index (κ1) is 23.7. The van der Waals surface area contributed by atoms with E-state index in [1.54, 1.807) is 14.2 Å². The van der Waals surface area contributed by atoms with E-state index in [2.05, 4.69) is 29.0 Å². The van der Waals surface area contributed by atoms with Crippen LogP contribution in [0.1, 0.15) is 42.2 Å². The Morgan fingerprint density at radius 1 is 1.23 bits per heavy atom. The maximum atomic E-state index is 12.3. The van der Waals surface area contributed by atoms with Gasteiger partial charge in [0.2, 0.25) is 5.89 Å². The number of hydrogen-bond donors (Lipinski definition) is 1. The number of nitrogens with one attached hydrogen (secondary N) is 1. The number of amides is 1. The highest BCUT2D eigenvalue weighted by Gasteiger charge is 2.20. The van der Waals surface area contributed by atoms with Crippen molar-refractivity contribution in [2.45, 2.75) is 39.4 Å². The van der Waals surface area contributed by atoms with E-state index in [0.717, 1.165) is 30.0 Å². The molecule has 0 spiro atoms. The van der Waals surface area contributed by atoms with Crippen LogP contribution in [0.15, 0.2) is 28.9 Å². The van der Waals surface area contributed by atoms with E-state index in [-0.39, 0.29) is 11.9 Å². The summed E-state index contributed by atoms with van der Waals surface area (Å²) < 4.78 is 16.5. The van der Waals surface area contributed by atoms with Crippen molar-refractivity contribution in [3.63, 3.8) is 0 Å². The van der Waals surface area contributed by atoms with E-state index >= 15 is 0 Å². The van der Waals surface area contributed by atoms with Crippen LogP contribution in [-0.4, -0.2) is 68.1 Å². The Bertz CT molecular complexity index is 806. The largest absolute Gasteiger partial charge is 0.497 e. The van der Waals surface area contributed by atoms with Crippen molar-refractivity contribution < 1.29 is 18.7 Å². The summed E-state index contributed by atoms with van der Waals surface area (Å²) in [4.78, 5) is 20.9. The van der Waals surface area contributed by atoms with Gasteiger partial charge in [-0.1, -0.05) is 6.92 Å². The van der Waals surface area contributed by atoms with E-state index in [4.69, 9.17) is 13.9 Å². The van der Waals surface area contributed by atoms with Gasteiger partial charge in [0.25, 0.3) is 5.91 Å². The van der Waals surface area contributed by atoms with Gasteiger partial charge in [0, 0.05) is 31.2 Å². The zero-order chi connectivity index (χ0) is 22.1. The number of methoxy groups -OCH3 is 2. The van der Waals surface area contributed by atoms with Crippen LogP contribution in [0.2, 0.25) is 0 Å². The molecule has 0 saturated carbocycles. The molecule has 0 bridgehead atoms. The van der Waals surface area contributed by atoms with Crippen molar-refractivity contribution in [1.82, 2.24) is 20.1 Å². The maximum Gasteiger partial charge on any atom is 0.273 e. The Balaban J connectivity index is 2.11.